The van der Waals surface area contributed by atoms with E-state index in [-0.39, 0.29) is 0 Å². The predicted octanol–water partition coefficient (Wildman–Crippen LogP) is -1.61. The molecule has 6 heteroatoms. The summed E-state index contributed by atoms with van der Waals surface area (Å²) in [7, 11) is 3.25. The molecule has 0 bridgehead atoms. The van der Waals surface area contributed by atoms with Gasteiger partial charge in [-0.2, -0.15) is 0 Å². The van der Waals surface area contributed by atoms with E-state index >= 15 is 0 Å². The number of primary amides is 1. The molecule has 0 aliphatic carbocycles. The Balaban J connectivity index is 3.92. The van der Waals surface area contributed by atoms with E-state index in [1.807, 2.05) is 4.90 Å². The second-order valence-electron chi connectivity index (χ2n) is 3.30. The maximum Gasteiger partial charge on any atom is 0.235 e. The monoisotopic (exact) mass is 219 g/mol. The average molecular weight is 219 g/mol. The van der Waals surface area contributed by atoms with Gasteiger partial charge in [0.05, 0.1) is 19.3 Å². The molecule has 0 heterocycles. The van der Waals surface area contributed by atoms with Gasteiger partial charge in [-0.25, -0.2) is 0 Å². The molecule has 0 aromatic heterocycles. The number of hydrogen-bond acceptors (Lipinski definition) is 5. The van der Waals surface area contributed by atoms with Gasteiger partial charge < -0.3 is 20.9 Å². The van der Waals surface area contributed by atoms with Crippen molar-refractivity contribution in [3.8, 4) is 0 Å². The summed E-state index contributed by atoms with van der Waals surface area (Å²) < 4.78 is 9.91. The molecule has 0 saturated heterocycles. The summed E-state index contributed by atoms with van der Waals surface area (Å²) in [6.07, 6.45) is 0. The van der Waals surface area contributed by atoms with Crippen molar-refractivity contribution >= 4 is 5.91 Å². The fourth-order valence-corrected chi connectivity index (χ4v) is 1.10. The molecule has 0 saturated carbocycles. The Labute approximate surface area is 90.5 Å². The molecular weight excluding hydrogens is 198 g/mol. The summed E-state index contributed by atoms with van der Waals surface area (Å²) in [6.45, 7) is 3.04. The van der Waals surface area contributed by atoms with Crippen LogP contribution in [0.5, 0.6) is 0 Å². The highest BCUT2D eigenvalue weighted by atomic mass is 16.5. The van der Waals surface area contributed by atoms with Crippen molar-refractivity contribution in [3.05, 3.63) is 0 Å². The van der Waals surface area contributed by atoms with Crippen LogP contribution in [0.2, 0.25) is 0 Å². The van der Waals surface area contributed by atoms with Crippen molar-refractivity contribution in [2.45, 2.75) is 6.04 Å². The van der Waals surface area contributed by atoms with Crippen LogP contribution in [0.3, 0.4) is 0 Å². The SMILES string of the molecule is COCCN(CCOC)CC(N)C(N)=O. The lowest BCUT2D eigenvalue weighted by Crippen LogP contribution is -2.47. The van der Waals surface area contributed by atoms with Gasteiger partial charge in [-0.1, -0.05) is 0 Å². The summed E-state index contributed by atoms with van der Waals surface area (Å²) in [5, 5.41) is 0. The van der Waals surface area contributed by atoms with E-state index < -0.39 is 11.9 Å². The Kier molecular flexibility index (Phi) is 8.21. The van der Waals surface area contributed by atoms with Crippen molar-refractivity contribution in [1.29, 1.82) is 0 Å². The predicted molar refractivity (Wildman–Crippen MR) is 57.4 cm³/mol. The van der Waals surface area contributed by atoms with Crippen LogP contribution >= 0.6 is 0 Å². The standard InChI is InChI=1S/C9H21N3O3/c1-14-5-3-12(4-6-15-2)7-8(10)9(11)13/h8H,3-7,10H2,1-2H3,(H2,11,13). The third-order valence-electron chi connectivity index (χ3n) is 2.04. The number of rotatable bonds is 9. The van der Waals surface area contributed by atoms with E-state index in [0.717, 1.165) is 0 Å². The highest BCUT2D eigenvalue weighted by Gasteiger charge is 2.14. The van der Waals surface area contributed by atoms with Crippen LogP contribution in [0.1, 0.15) is 0 Å². The van der Waals surface area contributed by atoms with Crippen LogP contribution in [0.4, 0.5) is 0 Å². The molecule has 0 aliphatic heterocycles. The lowest BCUT2D eigenvalue weighted by Gasteiger charge is -2.23. The van der Waals surface area contributed by atoms with Crippen LogP contribution in [0.15, 0.2) is 0 Å². The summed E-state index contributed by atoms with van der Waals surface area (Å²) >= 11 is 0. The molecule has 0 radical (unpaired) electrons. The number of carbonyl (C=O) groups excluding carboxylic acids is 1. The molecule has 0 rings (SSSR count). The van der Waals surface area contributed by atoms with Crippen molar-refractivity contribution in [3.63, 3.8) is 0 Å². The van der Waals surface area contributed by atoms with E-state index in [1.54, 1.807) is 14.2 Å². The van der Waals surface area contributed by atoms with Gasteiger partial charge in [0.2, 0.25) is 5.91 Å². The lowest BCUT2D eigenvalue weighted by atomic mass is 10.2. The Morgan fingerprint density at radius 3 is 2.07 bits per heavy atom. The Bertz CT molecular complexity index is 170. The molecule has 0 aliphatic rings. The minimum atomic E-state index is -0.640. The lowest BCUT2D eigenvalue weighted by molar-refractivity contribution is -0.119. The van der Waals surface area contributed by atoms with Crippen LogP contribution < -0.4 is 11.5 Å². The van der Waals surface area contributed by atoms with Gasteiger partial charge in [-0.3, -0.25) is 9.69 Å². The van der Waals surface area contributed by atoms with Crippen LogP contribution in [-0.2, 0) is 14.3 Å². The van der Waals surface area contributed by atoms with E-state index in [2.05, 4.69) is 0 Å². The number of amides is 1. The summed E-state index contributed by atoms with van der Waals surface area (Å²) in [5.41, 5.74) is 10.7. The summed E-state index contributed by atoms with van der Waals surface area (Å²) in [5.74, 6) is -0.491. The average Bonchev–Trinajstić information content (AvgIpc) is 2.21. The van der Waals surface area contributed by atoms with Crippen molar-refractivity contribution < 1.29 is 14.3 Å². The second-order valence-corrected chi connectivity index (χ2v) is 3.30. The third-order valence-corrected chi connectivity index (χ3v) is 2.04. The smallest absolute Gasteiger partial charge is 0.235 e. The van der Waals surface area contributed by atoms with Gasteiger partial charge in [0.25, 0.3) is 0 Å². The first kappa shape index (κ1) is 14.3. The van der Waals surface area contributed by atoms with Crippen molar-refractivity contribution in [1.82, 2.24) is 4.90 Å². The molecule has 90 valence electrons. The fraction of sp³-hybridized carbons (Fsp3) is 0.889. The quantitative estimate of drug-likeness (QED) is 0.487. The van der Waals surface area contributed by atoms with Crippen molar-refractivity contribution in [2.24, 2.45) is 11.5 Å². The van der Waals surface area contributed by atoms with Crippen LogP contribution in [0.25, 0.3) is 0 Å². The molecule has 0 aromatic carbocycles. The zero-order chi connectivity index (χ0) is 11.7. The molecule has 4 N–H and O–H groups in total. The van der Waals surface area contributed by atoms with Gasteiger partial charge >= 0.3 is 0 Å². The number of ether oxygens (including phenoxy) is 2. The first-order valence-corrected chi connectivity index (χ1v) is 4.87. The molecule has 0 aromatic rings. The summed E-state index contributed by atoms with van der Waals surface area (Å²) in [6, 6.07) is -0.640. The maximum absolute atomic E-state index is 10.8. The molecule has 15 heavy (non-hydrogen) atoms. The molecular formula is C9H21N3O3. The molecule has 0 fully saturated rings. The zero-order valence-corrected chi connectivity index (χ0v) is 9.44. The fourth-order valence-electron chi connectivity index (χ4n) is 1.10. The Morgan fingerprint density at radius 2 is 1.73 bits per heavy atom. The van der Waals surface area contributed by atoms with E-state index in [0.29, 0.717) is 32.8 Å². The van der Waals surface area contributed by atoms with Crippen LogP contribution in [0, 0.1) is 0 Å². The highest BCUT2D eigenvalue weighted by molar-refractivity contribution is 5.79. The van der Waals surface area contributed by atoms with E-state index in [1.165, 1.54) is 0 Å². The van der Waals surface area contributed by atoms with Gasteiger partial charge in [0.1, 0.15) is 0 Å². The topological polar surface area (TPSA) is 90.8 Å². The Morgan fingerprint density at radius 1 is 1.27 bits per heavy atom. The number of carbonyl (C=O) groups is 1. The van der Waals surface area contributed by atoms with Crippen LogP contribution in [-0.4, -0.2) is 63.9 Å². The van der Waals surface area contributed by atoms with E-state index in [4.69, 9.17) is 20.9 Å². The number of nitrogens with zero attached hydrogens (tertiary/aromatic N) is 1. The van der Waals surface area contributed by atoms with Crippen molar-refractivity contribution in [2.75, 3.05) is 47.1 Å². The normalized spacial score (nSPS) is 13.1. The minimum Gasteiger partial charge on any atom is -0.383 e. The second kappa shape index (κ2) is 8.60. The molecule has 6 nitrogen and oxygen atoms in total. The first-order valence-electron chi connectivity index (χ1n) is 4.87. The molecule has 1 atom stereocenters. The largest absolute Gasteiger partial charge is 0.383 e. The van der Waals surface area contributed by atoms with Gasteiger partial charge in [0, 0.05) is 33.9 Å². The number of nitrogens with two attached hydrogens (primary N) is 2. The van der Waals surface area contributed by atoms with Gasteiger partial charge in [-0.15, -0.1) is 0 Å². The Hall–Kier alpha value is -0.690. The molecule has 0 spiro atoms. The minimum absolute atomic E-state index is 0.433. The molecule has 1 amide bonds. The van der Waals surface area contributed by atoms with Gasteiger partial charge in [-0.05, 0) is 0 Å². The zero-order valence-electron chi connectivity index (χ0n) is 9.44. The summed E-state index contributed by atoms with van der Waals surface area (Å²) in [4.78, 5) is 12.8. The number of hydrogen-bond donors (Lipinski definition) is 2. The maximum atomic E-state index is 10.8. The third kappa shape index (κ3) is 7.26. The van der Waals surface area contributed by atoms with Gasteiger partial charge in [0.15, 0.2) is 0 Å². The highest BCUT2D eigenvalue weighted by Crippen LogP contribution is 1.91. The molecule has 1 unspecified atom stereocenters. The number of methoxy groups -OCH3 is 2. The van der Waals surface area contributed by atoms with E-state index in [9.17, 15) is 4.79 Å². The first-order chi connectivity index (χ1) is 7.11.